The number of aromatic nitrogens is 4. The van der Waals surface area contributed by atoms with Crippen LogP contribution in [0.25, 0.3) is 28.2 Å². The van der Waals surface area contributed by atoms with Gasteiger partial charge in [-0.05, 0) is 36.2 Å². The van der Waals surface area contributed by atoms with E-state index in [1.54, 1.807) is 28.8 Å². The second kappa shape index (κ2) is 7.60. The first-order valence-corrected chi connectivity index (χ1v) is 9.55. The fourth-order valence-electron chi connectivity index (χ4n) is 3.24. The smallest absolute Gasteiger partial charge is 0.288 e. The molecule has 2 aromatic carbocycles. The van der Waals surface area contributed by atoms with Crippen LogP contribution >= 0.6 is 11.6 Å². The lowest BCUT2D eigenvalue weighted by Gasteiger charge is -2.11. The zero-order valence-electron chi connectivity index (χ0n) is 15.8. The van der Waals surface area contributed by atoms with E-state index in [-0.39, 0.29) is 11.2 Å². The predicted molar refractivity (Wildman–Crippen MR) is 109 cm³/mol. The van der Waals surface area contributed by atoms with E-state index in [1.807, 2.05) is 31.2 Å². The van der Waals surface area contributed by atoms with Crippen molar-refractivity contribution in [2.45, 2.75) is 26.1 Å². The molecule has 0 saturated carbocycles. The number of benzene rings is 2. The average Bonchev–Trinajstić information content (AvgIpc) is 3.10. The summed E-state index contributed by atoms with van der Waals surface area (Å²) in [5, 5.41) is 0.398. The van der Waals surface area contributed by atoms with Crippen molar-refractivity contribution in [3.05, 3.63) is 75.8 Å². The average molecular weight is 433 g/mol. The molecular weight excluding hydrogens is 417 g/mol. The first-order chi connectivity index (χ1) is 14.3. The van der Waals surface area contributed by atoms with E-state index in [0.29, 0.717) is 26.7 Å². The van der Waals surface area contributed by atoms with Gasteiger partial charge in [0.15, 0.2) is 11.2 Å². The van der Waals surface area contributed by atoms with E-state index in [4.69, 9.17) is 11.6 Å². The van der Waals surface area contributed by atoms with E-state index < -0.39 is 18.3 Å². The molecule has 0 aliphatic rings. The van der Waals surface area contributed by atoms with Crippen LogP contribution in [0.5, 0.6) is 0 Å². The molecule has 4 aromatic rings. The van der Waals surface area contributed by atoms with Crippen LogP contribution < -0.4 is 5.56 Å². The third-order valence-corrected chi connectivity index (χ3v) is 5.03. The van der Waals surface area contributed by atoms with E-state index >= 15 is 0 Å². The maximum absolute atomic E-state index is 12.8. The summed E-state index contributed by atoms with van der Waals surface area (Å²) in [6.07, 6.45) is -2.81. The summed E-state index contributed by atoms with van der Waals surface area (Å²) in [7, 11) is 0. The Hall–Kier alpha value is -3.13. The minimum atomic E-state index is -4.55. The highest BCUT2D eigenvalue weighted by molar-refractivity contribution is 6.33. The summed E-state index contributed by atoms with van der Waals surface area (Å²) in [6.45, 7) is 0.593. The summed E-state index contributed by atoms with van der Waals surface area (Å²) in [6, 6.07) is 14.5. The second-order valence-electron chi connectivity index (χ2n) is 6.74. The molecule has 4 rings (SSSR count). The standard InChI is InChI=1S/C21H16ClF3N4O/c1-2-13-7-9-14(10-8-13)29-18(15-5-3-4-6-16(15)22)27-17-19(29)26-12-28(20(17)30)11-21(23,24)25/h3-10,12H,2,11H2,1H3. The molecule has 0 radical (unpaired) electrons. The lowest BCUT2D eigenvalue weighted by atomic mass is 10.1. The quantitative estimate of drug-likeness (QED) is 0.454. The molecule has 0 saturated heterocycles. The topological polar surface area (TPSA) is 52.7 Å². The molecule has 0 bridgehead atoms. The van der Waals surface area contributed by atoms with Gasteiger partial charge in [0.05, 0.1) is 5.02 Å². The monoisotopic (exact) mass is 432 g/mol. The highest BCUT2D eigenvalue weighted by atomic mass is 35.5. The van der Waals surface area contributed by atoms with Crippen molar-refractivity contribution in [3.63, 3.8) is 0 Å². The van der Waals surface area contributed by atoms with Crippen LogP contribution in [0.15, 0.2) is 59.7 Å². The molecule has 0 aliphatic carbocycles. The fourth-order valence-corrected chi connectivity index (χ4v) is 3.46. The van der Waals surface area contributed by atoms with Gasteiger partial charge < -0.3 is 0 Å². The molecule has 0 spiro atoms. The molecule has 0 amide bonds. The number of aryl methyl sites for hydroxylation is 1. The van der Waals surface area contributed by atoms with Gasteiger partial charge in [0, 0.05) is 11.3 Å². The van der Waals surface area contributed by atoms with Crippen LogP contribution in [0.4, 0.5) is 13.2 Å². The number of fused-ring (bicyclic) bond motifs is 1. The Morgan fingerprint density at radius 3 is 2.40 bits per heavy atom. The third kappa shape index (κ3) is 3.70. The molecule has 9 heteroatoms. The summed E-state index contributed by atoms with van der Waals surface area (Å²) in [4.78, 5) is 21.2. The van der Waals surface area contributed by atoms with Crippen molar-refractivity contribution in [2.24, 2.45) is 0 Å². The summed E-state index contributed by atoms with van der Waals surface area (Å²) < 4.78 is 40.6. The van der Waals surface area contributed by atoms with E-state index in [9.17, 15) is 18.0 Å². The molecule has 30 heavy (non-hydrogen) atoms. The first-order valence-electron chi connectivity index (χ1n) is 9.17. The van der Waals surface area contributed by atoms with Crippen LogP contribution in [0.1, 0.15) is 12.5 Å². The first kappa shape index (κ1) is 20.2. The minimum absolute atomic E-state index is 0.156. The maximum atomic E-state index is 12.8. The lowest BCUT2D eigenvalue weighted by molar-refractivity contribution is -0.141. The Labute approximate surface area is 174 Å². The zero-order valence-corrected chi connectivity index (χ0v) is 16.6. The number of hydrogen-bond donors (Lipinski definition) is 0. The minimum Gasteiger partial charge on any atom is -0.288 e. The van der Waals surface area contributed by atoms with Gasteiger partial charge in [-0.15, -0.1) is 0 Å². The normalized spacial score (nSPS) is 11.9. The van der Waals surface area contributed by atoms with Crippen molar-refractivity contribution in [3.8, 4) is 17.1 Å². The van der Waals surface area contributed by atoms with Crippen molar-refractivity contribution in [2.75, 3.05) is 0 Å². The van der Waals surface area contributed by atoms with Gasteiger partial charge in [0.2, 0.25) is 0 Å². The van der Waals surface area contributed by atoms with Crippen molar-refractivity contribution < 1.29 is 13.2 Å². The molecular formula is C21H16ClF3N4O. The van der Waals surface area contributed by atoms with Crippen molar-refractivity contribution >= 4 is 22.8 Å². The molecule has 0 fully saturated rings. The molecule has 0 atom stereocenters. The third-order valence-electron chi connectivity index (χ3n) is 4.70. The molecule has 0 aliphatic heterocycles. The fraction of sp³-hybridized carbons (Fsp3) is 0.190. The number of hydrogen-bond acceptors (Lipinski definition) is 3. The Bertz CT molecular complexity index is 1280. The summed E-state index contributed by atoms with van der Waals surface area (Å²) in [5.41, 5.74) is 1.47. The highest BCUT2D eigenvalue weighted by Gasteiger charge is 2.29. The predicted octanol–water partition coefficient (Wildman–Crippen LogP) is 5.03. The van der Waals surface area contributed by atoms with E-state index in [0.717, 1.165) is 18.3 Å². The summed E-state index contributed by atoms with van der Waals surface area (Å²) in [5.74, 6) is 0.328. The van der Waals surface area contributed by atoms with E-state index in [1.165, 1.54) is 0 Å². The molecule has 0 N–H and O–H groups in total. The van der Waals surface area contributed by atoms with Gasteiger partial charge in [-0.1, -0.05) is 42.8 Å². The number of imidazole rings is 1. The van der Waals surface area contributed by atoms with Crippen LogP contribution in [0.3, 0.4) is 0 Å². The molecule has 2 heterocycles. The number of nitrogens with zero attached hydrogens (tertiary/aromatic N) is 4. The van der Waals surface area contributed by atoms with Gasteiger partial charge in [0.1, 0.15) is 18.7 Å². The van der Waals surface area contributed by atoms with Crippen LogP contribution in [0.2, 0.25) is 5.02 Å². The molecule has 2 aromatic heterocycles. The number of halogens is 4. The summed E-state index contributed by atoms with van der Waals surface area (Å²) >= 11 is 6.35. The Kier molecular flexibility index (Phi) is 5.11. The van der Waals surface area contributed by atoms with Crippen molar-refractivity contribution in [1.82, 2.24) is 19.1 Å². The van der Waals surface area contributed by atoms with Gasteiger partial charge in [-0.2, -0.15) is 13.2 Å². The SMILES string of the molecule is CCc1ccc(-n2c(-c3ccccc3Cl)nc3c(=O)n(CC(F)(F)F)cnc32)cc1. The molecule has 0 unspecified atom stereocenters. The van der Waals surface area contributed by atoms with Crippen LogP contribution in [-0.2, 0) is 13.0 Å². The van der Waals surface area contributed by atoms with E-state index in [2.05, 4.69) is 9.97 Å². The van der Waals surface area contributed by atoms with Gasteiger partial charge in [-0.25, -0.2) is 9.97 Å². The molecule has 154 valence electrons. The Morgan fingerprint density at radius 1 is 1.07 bits per heavy atom. The number of rotatable bonds is 4. The highest BCUT2D eigenvalue weighted by Crippen LogP contribution is 2.31. The zero-order chi connectivity index (χ0) is 21.5. The Morgan fingerprint density at radius 2 is 1.77 bits per heavy atom. The van der Waals surface area contributed by atoms with Crippen molar-refractivity contribution in [1.29, 1.82) is 0 Å². The molecule has 5 nitrogen and oxygen atoms in total. The van der Waals surface area contributed by atoms with Gasteiger partial charge in [0.25, 0.3) is 5.56 Å². The van der Waals surface area contributed by atoms with Crippen LogP contribution in [-0.4, -0.2) is 25.3 Å². The van der Waals surface area contributed by atoms with Gasteiger partial charge in [-0.3, -0.25) is 13.9 Å². The lowest BCUT2D eigenvalue weighted by Crippen LogP contribution is -2.28. The Balaban J connectivity index is 2.01. The second-order valence-corrected chi connectivity index (χ2v) is 7.14. The van der Waals surface area contributed by atoms with Crippen LogP contribution in [0, 0.1) is 0 Å². The largest absolute Gasteiger partial charge is 0.406 e. The van der Waals surface area contributed by atoms with Gasteiger partial charge >= 0.3 is 6.18 Å². The number of alkyl halides is 3. The maximum Gasteiger partial charge on any atom is 0.406 e.